The monoisotopic (exact) mass is 617 g/mol. The number of benzene rings is 3. The highest BCUT2D eigenvalue weighted by atomic mass is 35.5. The van der Waals surface area contributed by atoms with Crippen LogP contribution < -0.4 is 9.62 Å². The van der Waals surface area contributed by atoms with Crippen LogP contribution in [0.3, 0.4) is 0 Å². The summed E-state index contributed by atoms with van der Waals surface area (Å²) in [6.45, 7) is 10.9. The molecule has 0 aliphatic rings. The van der Waals surface area contributed by atoms with E-state index in [1.165, 1.54) is 17.0 Å². The number of amides is 2. The summed E-state index contributed by atoms with van der Waals surface area (Å²) in [6, 6.07) is 16.0. The molecule has 0 aliphatic heterocycles. The molecule has 3 rings (SSSR count). The lowest BCUT2D eigenvalue weighted by Gasteiger charge is -2.33. The van der Waals surface area contributed by atoms with E-state index < -0.39 is 28.5 Å². The normalized spacial score (nSPS) is 12.2. The van der Waals surface area contributed by atoms with Gasteiger partial charge in [0.15, 0.2) is 0 Å². The Morgan fingerprint density at radius 2 is 1.46 bits per heavy atom. The van der Waals surface area contributed by atoms with Gasteiger partial charge in [0.25, 0.3) is 10.0 Å². The molecule has 0 saturated heterocycles. The van der Waals surface area contributed by atoms with Crippen LogP contribution in [0.25, 0.3) is 0 Å². The van der Waals surface area contributed by atoms with Crippen molar-refractivity contribution >= 4 is 50.7 Å². The molecular weight excluding hydrogens is 581 g/mol. The molecule has 3 aromatic rings. The Bertz CT molecular complexity index is 1490. The molecule has 0 saturated carbocycles. The van der Waals surface area contributed by atoms with E-state index >= 15 is 0 Å². The van der Waals surface area contributed by atoms with Crippen LogP contribution in [0.5, 0.6) is 0 Å². The van der Waals surface area contributed by atoms with Gasteiger partial charge in [-0.1, -0.05) is 72.9 Å². The van der Waals surface area contributed by atoms with Crippen LogP contribution in [-0.4, -0.2) is 44.3 Å². The summed E-state index contributed by atoms with van der Waals surface area (Å²) >= 11 is 12.9. The third kappa shape index (κ3) is 8.03. The minimum absolute atomic E-state index is 0.0558. The standard InChI is InChI=1S/C31H37Cl2N3O4S/c1-20(2)17-34-31(38)24(6)35(18-26-27(32)8-7-9-28(26)33)30(37)19-36(29-16-22(4)10-13-23(29)5)41(39,40)25-14-11-21(3)12-15-25/h7-16,20,24H,17-19H2,1-6H3,(H,34,38)/t24-/m1/s1. The first-order valence-electron chi connectivity index (χ1n) is 13.4. The highest BCUT2D eigenvalue weighted by Crippen LogP contribution is 2.30. The number of aryl methyl sites for hydroxylation is 3. The van der Waals surface area contributed by atoms with Crippen molar-refractivity contribution in [1.82, 2.24) is 10.2 Å². The van der Waals surface area contributed by atoms with E-state index in [-0.39, 0.29) is 23.3 Å². The first-order valence-corrected chi connectivity index (χ1v) is 15.6. The van der Waals surface area contributed by atoms with Gasteiger partial charge in [0.05, 0.1) is 10.6 Å². The Hall–Kier alpha value is -3.07. The molecule has 0 aliphatic carbocycles. The Balaban J connectivity index is 2.09. The molecule has 1 atom stereocenters. The predicted octanol–water partition coefficient (Wildman–Crippen LogP) is 6.30. The van der Waals surface area contributed by atoms with Crippen molar-refractivity contribution in [3.05, 3.63) is 93.0 Å². The second-order valence-electron chi connectivity index (χ2n) is 10.7. The quantitative estimate of drug-likeness (QED) is 0.273. The molecule has 0 spiro atoms. The number of anilines is 1. The van der Waals surface area contributed by atoms with Crippen molar-refractivity contribution in [3.8, 4) is 0 Å². The number of carbonyl (C=O) groups excluding carboxylic acids is 2. The molecule has 1 N–H and O–H groups in total. The van der Waals surface area contributed by atoms with Gasteiger partial charge in [-0.2, -0.15) is 0 Å². The van der Waals surface area contributed by atoms with E-state index in [1.807, 2.05) is 39.8 Å². The maximum Gasteiger partial charge on any atom is 0.264 e. The molecule has 3 aromatic carbocycles. The van der Waals surface area contributed by atoms with Gasteiger partial charge in [-0.15, -0.1) is 0 Å². The minimum Gasteiger partial charge on any atom is -0.354 e. The van der Waals surface area contributed by atoms with Crippen LogP contribution in [0.15, 0.2) is 65.6 Å². The average molecular weight is 619 g/mol. The number of carbonyl (C=O) groups is 2. The van der Waals surface area contributed by atoms with Crippen molar-refractivity contribution in [2.75, 3.05) is 17.4 Å². The van der Waals surface area contributed by atoms with Crippen LogP contribution in [0.1, 0.15) is 43.0 Å². The molecule has 0 bridgehead atoms. The van der Waals surface area contributed by atoms with Gasteiger partial charge in [0.2, 0.25) is 11.8 Å². The van der Waals surface area contributed by atoms with Crippen molar-refractivity contribution in [1.29, 1.82) is 0 Å². The fraction of sp³-hybridized carbons (Fsp3) is 0.355. The second kappa shape index (κ2) is 13.7. The lowest BCUT2D eigenvalue weighted by atomic mass is 10.1. The molecule has 0 radical (unpaired) electrons. The maximum absolute atomic E-state index is 14.1. The fourth-order valence-corrected chi connectivity index (χ4v) is 6.22. The zero-order valence-corrected chi connectivity index (χ0v) is 26.6. The van der Waals surface area contributed by atoms with E-state index in [1.54, 1.807) is 50.2 Å². The van der Waals surface area contributed by atoms with Gasteiger partial charge in [-0.05, 0) is 75.1 Å². The topological polar surface area (TPSA) is 86.8 Å². The Labute approximate surface area is 253 Å². The van der Waals surface area contributed by atoms with Crippen molar-refractivity contribution in [2.45, 2.75) is 59.0 Å². The second-order valence-corrected chi connectivity index (χ2v) is 13.3. The summed E-state index contributed by atoms with van der Waals surface area (Å²) in [4.78, 5) is 28.7. The van der Waals surface area contributed by atoms with Crippen molar-refractivity contribution in [2.24, 2.45) is 5.92 Å². The molecule has 7 nitrogen and oxygen atoms in total. The molecule has 0 heterocycles. The number of sulfonamides is 1. The lowest BCUT2D eigenvalue weighted by Crippen LogP contribution is -2.51. The summed E-state index contributed by atoms with van der Waals surface area (Å²) < 4.78 is 29.2. The van der Waals surface area contributed by atoms with E-state index in [9.17, 15) is 18.0 Å². The van der Waals surface area contributed by atoms with E-state index in [0.717, 1.165) is 15.4 Å². The Morgan fingerprint density at radius 3 is 2.05 bits per heavy atom. The largest absolute Gasteiger partial charge is 0.354 e. The zero-order chi connectivity index (χ0) is 30.5. The zero-order valence-electron chi connectivity index (χ0n) is 24.2. The van der Waals surface area contributed by atoms with Gasteiger partial charge in [0, 0.05) is 28.7 Å². The number of hydrogen-bond acceptors (Lipinski definition) is 4. The van der Waals surface area contributed by atoms with E-state index in [4.69, 9.17) is 23.2 Å². The van der Waals surface area contributed by atoms with Gasteiger partial charge in [-0.3, -0.25) is 13.9 Å². The summed E-state index contributed by atoms with van der Waals surface area (Å²) in [6.07, 6.45) is 0. The van der Waals surface area contributed by atoms with Gasteiger partial charge in [0.1, 0.15) is 12.6 Å². The maximum atomic E-state index is 14.1. The summed E-state index contributed by atoms with van der Waals surface area (Å²) in [5.74, 6) is -0.743. The first kappa shape index (κ1) is 32.4. The predicted molar refractivity (Wildman–Crippen MR) is 166 cm³/mol. The summed E-state index contributed by atoms with van der Waals surface area (Å²) in [7, 11) is -4.16. The Morgan fingerprint density at radius 1 is 0.878 bits per heavy atom. The number of hydrogen-bond donors (Lipinski definition) is 1. The molecule has 2 amide bonds. The lowest BCUT2D eigenvalue weighted by molar-refractivity contribution is -0.139. The number of nitrogens with one attached hydrogen (secondary N) is 1. The SMILES string of the molecule is Cc1ccc(S(=O)(=O)N(CC(=O)N(Cc2c(Cl)cccc2Cl)[C@H](C)C(=O)NCC(C)C)c2cc(C)ccc2C)cc1. The van der Waals surface area contributed by atoms with Crippen molar-refractivity contribution in [3.63, 3.8) is 0 Å². The van der Waals surface area contributed by atoms with Gasteiger partial charge in [-0.25, -0.2) is 8.42 Å². The van der Waals surface area contributed by atoms with Crippen LogP contribution in [0, 0.1) is 26.7 Å². The van der Waals surface area contributed by atoms with Crippen LogP contribution >= 0.6 is 23.2 Å². The number of halogens is 2. The van der Waals surface area contributed by atoms with Crippen molar-refractivity contribution < 1.29 is 18.0 Å². The molecule has 0 unspecified atom stereocenters. The number of nitrogens with zero attached hydrogens (tertiary/aromatic N) is 2. The average Bonchev–Trinajstić information content (AvgIpc) is 2.91. The van der Waals surface area contributed by atoms with E-state index in [0.29, 0.717) is 33.4 Å². The summed E-state index contributed by atoms with van der Waals surface area (Å²) in [5, 5.41) is 3.54. The van der Waals surface area contributed by atoms with Gasteiger partial charge >= 0.3 is 0 Å². The third-order valence-corrected chi connectivity index (χ3v) is 9.25. The molecular formula is C31H37Cl2N3O4S. The van der Waals surface area contributed by atoms with E-state index in [2.05, 4.69) is 5.32 Å². The third-order valence-electron chi connectivity index (χ3n) is 6.76. The smallest absolute Gasteiger partial charge is 0.264 e. The highest BCUT2D eigenvalue weighted by Gasteiger charge is 2.33. The molecule has 220 valence electrons. The summed E-state index contributed by atoms with van der Waals surface area (Å²) in [5.41, 5.74) is 3.27. The molecule has 41 heavy (non-hydrogen) atoms. The molecule has 10 heteroatoms. The van der Waals surface area contributed by atoms with Crippen LogP contribution in [0.4, 0.5) is 5.69 Å². The molecule has 0 aromatic heterocycles. The first-order chi connectivity index (χ1) is 19.2. The number of rotatable bonds is 11. The Kier molecular flexibility index (Phi) is 10.9. The fourth-order valence-electron chi connectivity index (χ4n) is 4.23. The molecule has 0 fully saturated rings. The highest BCUT2D eigenvalue weighted by molar-refractivity contribution is 7.92. The minimum atomic E-state index is -4.16. The van der Waals surface area contributed by atoms with Crippen LogP contribution in [0.2, 0.25) is 10.0 Å². The van der Waals surface area contributed by atoms with Crippen LogP contribution in [-0.2, 0) is 26.2 Å². The van der Waals surface area contributed by atoms with Gasteiger partial charge < -0.3 is 10.2 Å².